The average molecular weight is 415 g/mol. The standard InChI is InChI=1S/C23H21N5O3/c1-27-13-16(12-26-27)15-6-7-19-18(9-15)25-14-28(19)17-10-21(30-2)23(22(11-17)31-3)20(29)5-4-8-24/h6-7,9-14H,4-5H2,1-3H3. The number of aromatic nitrogens is 4. The molecule has 2 heterocycles. The summed E-state index contributed by atoms with van der Waals surface area (Å²) in [5, 5.41) is 13.0. The molecule has 156 valence electrons. The van der Waals surface area contributed by atoms with Gasteiger partial charge < -0.3 is 9.47 Å². The number of imidazole rings is 1. The molecule has 0 N–H and O–H groups in total. The molecular formula is C23H21N5O3. The molecule has 8 heteroatoms. The Morgan fingerprint density at radius 3 is 2.48 bits per heavy atom. The van der Waals surface area contributed by atoms with Gasteiger partial charge in [0.2, 0.25) is 0 Å². The third-order valence-corrected chi connectivity index (χ3v) is 5.10. The van der Waals surface area contributed by atoms with Crippen LogP contribution in [0.25, 0.3) is 27.8 Å². The minimum atomic E-state index is -0.196. The molecule has 2 aromatic heterocycles. The molecule has 0 saturated heterocycles. The number of Topliss-reactive ketones (excluding diaryl/α,β-unsaturated/α-hetero) is 1. The van der Waals surface area contributed by atoms with E-state index in [4.69, 9.17) is 14.7 Å². The van der Waals surface area contributed by atoms with Crippen molar-refractivity contribution in [2.45, 2.75) is 12.8 Å². The lowest BCUT2D eigenvalue weighted by molar-refractivity contribution is 0.0978. The second-order valence-corrected chi connectivity index (χ2v) is 7.03. The summed E-state index contributed by atoms with van der Waals surface area (Å²) in [7, 11) is 4.89. The summed E-state index contributed by atoms with van der Waals surface area (Å²) in [4.78, 5) is 17.2. The van der Waals surface area contributed by atoms with Gasteiger partial charge in [0, 0.05) is 43.8 Å². The van der Waals surface area contributed by atoms with Gasteiger partial charge in [-0.25, -0.2) is 4.98 Å². The fraction of sp³-hybridized carbons (Fsp3) is 0.217. The number of nitrogens with zero attached hydrogens (tertiary/aromatic N) is 5. The molecule has 0 saturated carbocycles. The number of methoxy groups -OCH3 is 2. The molecule has 0 radical (unpaired) electrons. The Kier molecular flexibility index (Phi) is 5.41. The molecule has 4 rings (SSSR count). The van der Waals surface area contributed by atoms with Crippen LogP contribution in [-0.2, 0) is 7.05 Å². The highest BCUT2D eigenvalue weighted by molar-refractivity contribution is 6.02. The molecule has 0 bridgehead atoms. The Morgan fingerprint density at radius 1 is 1.13 bits per heavy atom. The van der Waals surface area contributed by atoms with Crippen molar-refractivity contribution in [2.24, 2.45) is 7.05 Å². The van der Waals surface area contributed by atoms with Gasteiger partial charge in [0.15, 0.2) is 5.78 Å². The minimum absolute atomic E-state index is 0.105. The Labute approximate surface area is 179 Å². The van der Waals surface area contributed by atoms with Gasteiger partial charge in [-0.15, -0.1) is 0 Å². The van der Waals surface area contributed by atoms with Crippen molar-refractivity contribution in [2.75, 3.05) is 14.2 Å². The number of nitriles is 1. The first-order chi connectivity index (χ1) is 15.0. The van der Waals surface area contributed by atoms with E-state index in [9.17, 15) is 4.79 Å². The van der Waals surface area contributed by atoms with Gasteiger partial charge in [-0.2, -0.15) is 10.4 Å². The van der Waals surface area contributed by atoms with E-state index < -0.39 is 0 Å². The second-order valence-electron chi connectivity index (χ2n) is 7.03. The number of carbonyl (C=O) groups is 1. The molecule has 8 nitrogen and oxygen atoms in total. The van der Waals surface area contributed by atoms with E-state index in [2.05, 4.69) is 10.1 Å². The van der Waals surface area contributed by atoms with Crippen LogP contribution >= 0.6 is 0 Å². The third kappa shape index (κ3) is 3.73. The summed E-state index contributed by atoms with van der Waals surface area (Å²) in [5.41, 5.74) is 4.87. The lowest BCUT2D eigenvalue weighted by Gasteiger charge is -2.15. The molecular weight excluding hydrogens is 394 g/mol. The van der Waals surface area contributed by atoms with Crippen molar-refractivity contribution in [1.82, 2.24) is 19.3 Å². The fourth-order valence-corrected chi connectivity index (χ4v) is 3.57. The predicted octanol–water partition coefficient (Wildman–Crippen LogP) is 3.93. The van der Waals surface area contributed by atoms with E-state index in [0.29, 0.717) is 17.1 Å². The van der Waals surface area contributed by atoms with Gasteiger partial charge in [-0.3, -0.25) is 14.0 Å². The highest BCUT2D eigenvalue weighted by atomic mass is 16.5. The van der Waals surface area contributed by atoms with Crippen LogP contribution in [0.2, 0.25) is 0 Å². The Bertz CT molecular complexity index is 1290. The summed E-state index contributed by atoms with van der Waals surface area (Å²) in [5.74, 6) is 0.593. The number of rotatable bonds is 7. The maximum absolute atomic E-state index is 12.6. The van der Waals surface area contributed by atoms with Crippen molar-refractivity contribution in [3.63, 3.8) is 0 Å². The molecule has 2 aromatic carbocycles. The molecule has 4 aromatic rings. The number of ketones is 1. The molecule has 0 aliphatic rings. The third-order valence-electron chi connectivity index (χ3n) is 5.10. The minimum Gasteiger partial charge on any atom is -0.496 e. The smallest absolute Gasteiger partial charge is 0.171 e. The van der Waals surface area contributed by atoms with Crippen LogP contribution in [-0.4, -0.2) is 39.3 Å². The monoisotopic (exact) mass is 415 g/mol. The van der Waals surface area contributed by atoms with E-state index in [1.165, 1.54) is 14.2 Å². The lowest BCUT2D eigenvalue weighted by Crippen LogP contribution is -2.06. The molecule has 0 aliphatic heterocycles. The zero-order valence-corrected chi connectivity index (χ0v) is 17.5. The Morgan fingerprint density at radius 2 is 1.87 bits per heavy atom. The van der Waals surface area contributed by atoms with Gasteiger partial charge in [-0.1, -0.05) is 6.07 Å². The van der Waals surface area contributed by atoms with Crippen molar-refractivity contribution >= 4 is 16.8 Å². The zero-order chi connectivity index (χ0) is 22.0. The summed E-state index contributed by atoms with van der Waals surface area (Å²) in [6.45, 7) is 0. The highest BCUT2D eigenvalue weighted by Crippen LogP contribution is 2.35. The number of fused-ring (bicyclic) bond motifs is 1. The highest BCUT2D eigenvalue weighted by Gasteiger charge is 2.21. The molecule has 31 heavy (non-hydrogen) atoms. The molecule has 0 spiro atoms. The van der Waals surface area contributed by atoms with Gasteiger partial charge in [-0.05, 0) is 17.7 Å². The summed E-state index contributed by atoms with van der Waals surface area (Å²) < 4.78 is 14.7. The van der Waals surface area contributed by atoms with Crippen molar-refractivity contribution in [3.8, 4) is 34.4 Å². The number of carbonyl (C=O) groups excluding carboxylic acids is 1. The van der Waals surface area contributed by atoms with Crippen LogP contribution in [0.5, 0.6) is 11.5 Å². The van der Waals surface area contributed by atoms with Crippen LogP contribution < -0.4 is 9.47 Å². The number of benzene rings is 2. The summed E-state index contributed by atoms with van der Waals surface area (Å²) in [6, 6.07) is 11.6. The van der Waals surface area contributed by atoms with Crippen LogP contribution in [0.1, 0.15) is 23.2 Å². The summed E-state index contributed by atoms with van der Waals surface area (Å²) >= 11 is 0. The van der Waals surface area contributed by atoms with E-state index in [1.54, 1.807) is 23.1 Å². The van der Waals surface area contributed by atoms with Gasteiger partial charge in [0.05, 0.1) is 43.2 Å². The number of aryl methyl sites for hydroxylation is 1. The van der Waals surface area contributed by atoms with E-state index >= 15 is 0 Å². The quantitative estimate of drug-likeness (QED) is 0.425. The number of hydrogen-bond donors (Lipinski definition) is 0. The van der Waals surface area contributed by atoms with Crippen LogP contribution in [0.15, 0.2) is 49.1 Å². The van der Waals surface area contributed by atoms with Crippen molar-refractivity contribution < 1.29 is 14.3 Å². The predicted molar refractivity (Wildman–Crippen MR) is 116 cm³/mol. The molecule has 0 unspecified atom stereocenters. The fourth-order valence-electron chi connectivity index (χ4n) is 3.57. The SMILES string of the molecule is COc1cc(-n2cnc3cc(-c4cnn(C)c4)ccc32)cc(OC)c1C(=O)CCC#N. The Balaban J connectivity index is 1.78. The number of ether oxygens (including phenoxy) is 2. The van der Waals surface area contributed by atoms with Crippen LogP contribution in [0.3, 0.4) is 0 Å². The van der Waals surface area contributed by atoms with Crippen LogP contribution in [0.4, 0.5) is 0 Å². The topological polar surface area (TPSA) is 95.0 Å². The first-order valence-electron chi connectivity index (χ1n) is 9.68. The number of hydrogen-bond acceptors (Lipinski definition) is 6. The van der Waals surface area contributed by atoms with Gasteiger partial charge in [0.1, 0.15) is 23.4 Å². The van der Waals surface area contributed by atoms with Gasteiger partial charge >= 0.3 is 0 Å². The van der Waals surface area contributed by atoms with Crippen LogP contribution in [0, 0.1) is 11.3 Å². The van der Waals surface area contributed by atoms with Gasteiger partial charge in [0.25, 0.3) is 0 Å². The Hall–Kier alpha value is -4.12. The van der Waals surface area contributed by atoms with Crippen molar-refractivity contribution in [3.05, 3.63) is 54.6 Å². The first-order valence-corrected chi connectivity index (χ1v) is 9.68. The molecule has 0 atom stereocenters. The summed E-state index contributed by atoms with van der Waals surface area (Å²) in [6.07, 6.45) is 5.74. The van der Waals surface area contributed by atoms with Crippen molar-refractivity contribution in [1.29, 1.82) is 5.26 Å². The second kappa shape index (κ2) is 8.32. The molecule has 0 fully saturated rings. The molecule has 0 aliphatic carbocycles. The van der Waals surface area contributed by atoms with E-state index in [1.807, 2.05) is 48.3 Å². The maximum Gasteiger partial charge on any atom is 0.171 e. The molecule has 0 amide bonds. The normalized spacial score (nSPS) is 10.8. The average Bonchev–Trinajstić information content (AvgIpc) is 3.42. The maximum atomic E-state index is 12.6. The van der Waals surface area contributed by atoms with E-state index in [0.717, 1.165) is 27.8 Å². The van der Waals surface area contributed by atoms with E-state index in [-0.39, 0.29) is 18.6 Å². The largest absolute Gasteiger partial charge is 0.496 e. The first kappa shape index (κ1) is 20.2. The zero-order valence-electron chi connectivity index (χ0n) is 17.5. The lowest BCUT2D eigenvalue weighted by atomic mass is 10.0.